The molecule has 2 atom stereocenters. The van der Waals surface area contributed by atoms with E-state index in [0.29, 0.717) is 0 Å². The molecular formula is C54H74S. The molecule has 296 valence electrons. The largest absolute Gasteiger partial charge is 0.136 e. The van der Waals surface area contributed by atoms with Crippen LogP contribution in [0.1, 0.15) is 210 Å². The van der Waals surface area contributed by atoms with Gasteiger partial charge in [-0.25, -0.2) is 0 Å². The quantitative estimate of drug-likeness (QED) is 0.0866. The highest BCUT2D eigenvalue weighted by Crippen LogP contribution is 2.49. The summed E-state index contributed by atoms with van der Waals surface area (Å²) in [6, 6.07) is 39.4. The second-order valence-corrected chi connectivity index (χ2v) is 18.9. The third-order valence-corrected chi connectivity index (χ3v) is 15.2. The van der Waals surface area contributed by atoms with E-state index >= 15 is 0 Å². The maximum atomic E-state index is 2.50. The van der Waals surface area contributed by atoms with Crippen LogP contribution in [-0.4, -0.2) is 0 Å². The van der Waals surface area contributed by atoms with Gasteiger partial charge in [-0.1, -0.05) is 176 Å². The number of hydrogen-bond donors (Lipinski definition) is 0. The fourth-order valence-electron chi connectivity index (χ4n) is 9.76. The van der Waals surface area contributed by atoms with Gasteiger partial charge in [-0.3, -0.25) is 0 Å². The Kier molecular flexibility index (Phi) is 16.9. The highest BCUT2D eigenvalue weighted by atomic mass is 32.2. The Morgan fingerprint density at radius 3 is 1.02 bits per heavy atom. The molecule has 1 heteroatoms. The van der Waals surface area contributed by atoms with Gasteiger partial charge in [-0.05, 0) is 145 Å². The van der Waals surface area contributed by atoms with Crippen molar-refractivity contribution in [2.75, 3.05) is 0 Å². The van der Waals surface area contributed by atoms with Crippen molar-refractivity contribution < 1.29 is 0 Å². The Bertz CT molecular complexity index is 1490. The number of rotatable bonds is 20. The van der Waals surface area contributed by atoms with Gasteiger partial charge in [0.15, 0.2) is 0 Å². The van der Waals surface area contributed by atoms with Gasteiger partial charge >= 0.3 is 0 Å². The molecular weight excluding hydrogens is 681 g/mol. The van der Waals surface area contributed by atoms with E-state index in [0.717, 1.165) is 23.7 Å². The molecule has 2 saturated carbocycles. The minimum atomic E-state index is 0.252. The van der Waals surface area contributed by atoms with E-state index in [9.17, 15) is 0 Å². The molecule has 4 aromatic rings. The SMILES string of the molecule is CCCCc1ccc(C(SC(c2ccc(CCCC)cc2)c2ccc([C@H]3CC[C@H](CCCC)CC3)cc2)c2ccc([C@H]3CC[C@H](CCCC)CC3)cc2)cc1. The summed E-state index contributed by atoms with van der Waals surface area (Å²) in [6.45, 7) is 9.26. The summed E-state index contributed by atoms with van der Waals surface area (Å²) in [5.41, 5.74) is 11.8. The van der Waals surface area contributed by atoms with E-state index < -0.39 is 0 Å². The van der Waals surface area contributed by atoms with Gasteiger partial charge < -0.3 is 0 Å². The first-order valence-corrected chi connectivity index (χ1v) is 24.0. The summed E-state index contributed by atoms with van der Waals surface area (Å²) < 4.78 is 0. The maximum absolute atomic E-state index is 2.50. The zero-order chi connectivity index (χ0) is 38.2. The average molecular weight is 755 g/mol. The van der Waals surface area contributed by atoms with E-state index in [4.69, 9.17) is 0 Å². The van der Waals surface area contributed by atoms with Crippen molar-refractivity contribution in [2.24, 2.45) is 11.8 Å². The molecule has 0 radical (unpaired) electrons. The monoisotopic (exact) mass is 755 g/mol. The standard InChI is InChI=1S/C54H74S/c1-5-9-13-41-17-25-45(26-18-41)47-33-37-51(38-34-47)53(49-29-21-43(22-30-49)15-11-7-3)55-54(50-31-23-44(24-32-50)16-12-8-4)52-39-35-48(36-40-52)46-27-19-42(20-28-46)14-10-6-2/h21-24,29-42,45-46,53-54H,5-20,25-28H2,1-4H3/t41-,42-,45-,46-,53?,54?. The molecule has 0 saturated heterocycles. The molecule has 55 heavy (non-hydrogen) atoms. The van der Waals surface area contributed by atoms with E-state index in [1.54, 1.807) is 11.1 Å². The van der Waals surface area contributed by atoms with Crippen LogP contribution in [0.25, 0.3) is 0 Å². The third-order valence-electron chi connectivity index (χ3n) is 13.5. The summed E-state index contributed by atoms with van der Waals surface area (Å²) in [4.78, 5) is 0. The molecule has 0 bridgehead atoms. The molecule has 2 aliphatic carbocycles. The molecule has 0 nitrogen and oxygen atoms in total. The lowest BCUT2D eigenvalue weighted by Gasteiger charge is -2.30. The van der Waals surface area contributed by atoms with Crippen LogP contribution in [0.5, 0.6) is 0 Å². The second kappa shape index (κ2) is 22.2. The fourth-order valence-corrected chi connectivity index (χ4v) is 11.3. The summed E-state index contributed by atoms with van der Waals surface area (Å²) in [5, 5.41) is 0.504. The second-order valence-electron chi connectivity index (χ2n) is 17.6. The van der Waals surface area contributed by atoms with Gasteiger partial charge in [0, 0.05) is 0 Å². The molecule has 2 fully saturated rings. The predicted molar refractivity (Wildman–Crippen MR) is 243 cm³/mol. The summed E-state index contributed by atoms with van der Waals surface area (Å²) in [6.07, 6.45) is 26.7. The Labute approximate surface area is 342 Å². The minimum Gasteiger partial charge on any atom is -0.136 e. The molecule has 4 aromatic carbocycles. The molecule has 6 rings (SSSR count). The minimum absolute atomic E-state index is 0.252. The summed E-state index contributed by atoms with van der Waals surface area (Å²) >= 11 is 2.15. The van der Waals surface area contributed by atoms with Crippen LogP contribution >= 0.6 is 11.8 Å². The topological polar surface area (TPSA) is 0 Å². The van der Waals surface area contributed by atoms with Crippen LogP contribution in [0.3, 0.4) is 0 Å². The van der Waals surface area contributed by atoms with Crippen molar-refractivity contribution in [1.29, 1.82) is 0 Å². The van der Waals surface area contributed by atoms with Crippen molar-refractivity contribution in [3.8, 4) is 0 Å². The van der Waals surface area contributed by atoms with E-state index in [-0.39, 0.29) is 10.5 Å². The number of thioether (sulfide) groups is 1. The van der Waals surface area contributed by atoms with Crippen LogP contribution in [0.2, 0.25) is 0 Å². The normalized spacial score (nSPS) is 21.3. The fraction of sp³-hybridized carbons (Fsp3) is 0.556. The molecule has 2 unspecified atom stereocenters. The maximum Gasteiger partial charge on any atom is 0.0556 e. The number of aryl methyl sites for hydroxylation is 2. The first kappa shape index (κ1) is 41.9. The van der Waals surface area contributed by atoms with E-state index in [1.807, 2.05) is 0 Å². The van der Waals surface area contributed by atoms with Crippen molar-refractivity contribution in [3.63, 3.8) is 0 Å². The van der Waals surface area contributed by atoms with Gasteiger partial charge in [0.1, 0.15) is 0 Å². The average Bonchev–Trinajstić information content (AvgIpc) is 3.25. The van der Waals surface area contributed by atoms with Crippen LogP contribution in [0.15, 0.2) is 97.1 Å². The Morgan fingerprint density at radius 2 is 0.709 bits per heavy atom. The highest BCUT2D eigenvalue weighted by Gasteiger charge is 2.27. The summed E-state index contributed by atoms with van der Waals surface area (Å²) in [7, 11) is 0. The lowest BCUT2D eigenvalue weighted by atomic mass is 9.77. The smallest absolute Gasteiger partial charge is 0.0556 e. The Balaban J connectivity index is 1.27. The van der Waals surface area contributed by atoms with Crippen LogP contribution in [-0.2, 0) is 12.8 Å². The van der Waals surface area contributed by atoms with Crippen molar-refractivity contribution in [1.82, 2.24) is 0 Å². The van der Waals surface area contributed by atoms with Gasteiger partial charge in [0.05, 0.1) is 10.5 Å². The Morgan fingerprint density at radius 1 is 0.400 bits per heavy atom. The van der Waals surface area contributed by atoms with E-state index in [1.165, 1.54) is 162 Å². The van der Waals surface area contributed by atoms with Crippen LogP contribution < -0.4 is 0 Å². The van der Waals surface area contributed by atoms with Gasteiger partial charge in [0.25, 0.3) is 0 Å². The first-order chi connectivity index (χ1) is 27.1. The number of benzene rings is 4. The van der Waals surface area contributed by atoms with Crippen LogP contribution in [0.4, 0.5) is 0 Å². The molecule has 0 aliphatic heterocycles. The van der Waals surface area contributed by atoms with Crippen LogP contribution in [0, 0.1) is 11.8 Å². The zero-order valence-electron chi connectivity index (χ0n) is 35.3. The van der Waals surface area contributed by atoms with E-state index in [2.05, 4.69) is 137 Å². The first-order valence-electron chi connectivity index (χ1n) is 23.1. The van der Waals surface area contributed by atoms with Gasteiger partial charge in [-0.15, -0.1) is 11.8 Å². The molecule has 0 N–H and O–H groups in total. The summed E-state index contributed by atoms with van der Waals surface area (Å²) in [5.74, 6) is 3.35. The zero-order valence-corrected chi connectivity index (χ0v) is 36.1. The highest BCUT2D eigenvalue weighted by molar-refractivity contribution is 8.00. The lowest BCUT2D eigenvalue weighted by molar-refractivity contribution is 0.304. The number of hydrogen-bond acceptors (Lipinski definition) is 1. The lowest BCUT2D eigenvalue weighted by Crippen LogP contribution is -2.13. The Hall–Kier alpha value is -2.77. The van der Waals surface area contributed by atoms with Gasteiger partial charge in [-0.2, -0.15) is 0 Å². The number of unbranched alkanes of at least 4 members (excludes halogenated alkanes) is 4. The molecule has 0 heterocycles. The van der Waals surface area contributed by atoms with Crippen molar-refractivity contribution in [3.05, 3.63) is 142 Å². The predicted octanol–water partition coefficient (Wildman–Crippen LogP) is 16.9. The molecule has 0 aromatic heterocycles. The molecule has 0 spiro atoms. The van der Waals surface area contributed by atoms with Crippen molar-refractivity contribution in [2.45, 2.75) is 178 Å². The van der Waals surface area contributed by atoms with Gasteiger partial charge in [0.2, 0.25) is 0 Å². The molecule has 2 aliphatic rings. The third kappa shape index (κ3) is 12.1. The molecule has 0 amide bonds. The van der Waals surface area contributed by atoms with Crippen molar-refractivity contribution >= 4 is 11.8 Å².